The molecule has 2 aromatic heterocycles. The van der Waals surface area contributed by atoms with Crippen molar-refractivity contribution in [2.24, 2.45) is 0 Å². The number of aliphatic carboxylic acids is 1. The Hall–Kier alpha value is -1.97. The molecule has 0 aliphatic heterocycles. The first-order chi connectivity index (χ1) is 6.77. The molecular weight excluding hydrogens is 182 g/mol. The van der Waals surface area contributed by atoms with Gasteiger partial charge >= 0.3 is 5.97 Å². The van der Waals surface area contributed by atoms with Crippen LogP contribution < -0.4 is 0 Å². The van der Waals surface area contributed by atoms with Crippen molar-refractivity contribution in [2.45, 2.75) is 6.42 Å². The van der Waals surface area contributed by atoms with E-state index in [1.807, 2.05) is 6.07 Å². The Morgan fingerprint density at radius 2 is 2.36 bits per heavy atom. The highest BCUT2D eigenvalue weighted by Crippen LogP contribution is 2.24. The highest BCUT2D eigenvalue weighted by molar-refractivity contribution is 5.74. The topological polar surface area (TPSA) is 66.2 Å². The molecule has 0 saturated carbocycles. The normalized spacial score (nSPS) is 10.3. The van der Waals surface area contributed by atoms with Crippen LogP contribution in [0.15, 0.2) is 35.2 Å². The van der Waals surface area contributed by atoms with Gasteiger partial charge in [-0.15, -0.1) is 0 Å². The molecule has 4 heteroatoms. The average molecular weight is 191 g/mol. The molecule has 4 nitrogen and oxygen atoms in total. The van der Waals surface area contributed by atoms with Gasteiger partial charge in [0.15, 0.2) is 0 Å². The van der Waals surface area contributed by atoms with Crippen LogP contribution in [0.4, 0.5) is 0 Å². The Bertz CT molecular complexity index is 428. The predicted molar refractivity (Wildman–Crippen MR) is 49.8 cm³/mol. The molecule has 0 unspecified atom stereocenters. The summed E-state index contributed by atoms with van der Waals surface area (Å²) in [5, 5.41) is 8.66. The smallest absolute Gasteiger partial charge is 0.307 e. The van der Waals surface area contributed by atoms with Crippen molar-refractivity contribution in [3.63, 3.8) is 0 Å². The molecule has 0 atom stereocenters. The molecule has 0 amide bonds. The summed E-state index contributed by atoms with van der Waals surface area (Å²) in [5.41, 5.74) is 1.56. The van der Waals surface area contributed by atoms with Crippen molar-refractivity contribution < 1.29 is 14.3 Å². The molecule has 2 N–H and O–H groups in total. The Morgan fingerprint density at radius 3 is 3.00 bits per heavy atom. The molecule has 0 bridgehead atoms. The molecule has 72 valence electrons. The van der Waals surface area contributed by atoms with Crippen molar-refractivity contribution in [2.75, 3.05) is 0 Å². The zero-order chi connectivity index (χ0) is 9.97. The molecular formula is C10H9NO3. The van der Waals surface area contributed by atoms with E-state index in [0.717, 1.165) is 5.56 Å². The summed E-state index contributed by atoms with van der Waals surface area (Å²) in [7, 11) is 0. The molecule has 0 saturated heterocycles. The summed E-state index contributed by atoms with van der Waals surface area (Å²) in [6, 6.07) is 3.51. The maximum Gasteiger partial charge on any atom is 0.307 e. The lowest BCUT2D eigenvalue weighted by atomic mass is 10.1. The maximum atomic E-state index is 10.5. The van der Waals surface area contributed by atoms with Crippen LogP contribution in [0, 0.1) is 0 Å². The number of carbonyl (C=O) groups is 1. The largest absolute Gasteiger partial charge is 0.481 e. The quantitative estimate of drug-likeness (QED) is 0.778. The first kappa shape index (κ1) is 8.62. The van der Waals surface area contributed by atoms with Gasteiger partial charge in [-0.3, -0.25) is 4.79 Å². The van der Waals surface area contributed by atoms with Crippen molar-refractivity contribution in [3.05, 3.63) is 36.4 Å². The van der Waals surface area contributed by atoms with Gasteiger partial charge in [0.1, 0.15) is 5.76 Å². The molecule has 0 aliphatic rings. The van der Waals surface area contributed by atoms with E-state index in [-0.39, 0.29) is 6.42 Å². The van der Waals surface area contributed by atoms with Crippen LogP contribution in [0.2, 0.25) is 0 Å². The molecule has 2 rings (SSSR count). The second-order valence-corrected chi connectivity index (χ2v) is 2.95. The van der Waals surface area contributed by atoms with Gasteiger partial charge in [0, 0.05) is 23.5 Å². The van der Waals surface area contributed by atoms with E-state index in [4.69, 9.17) is 9.52 Å². The number of aromatic nitrogens is 1. The van der Waals surface area contributed by atoms with Crippen LogP contribution in [0.25, 0.3) is 11.3 Å². The van der Waals surface area contributed by atoms with Gasteiger partial charge in [0.2, 0.25) is 0 Å². The van der Waals surface area contributed by atoms with Gasteiger partial charge in [-0.05, 0) is 12.1 Å². The molecule has 2 heterocycles. The first-order valence-electron chi connectivity index (χ1n) is 4.18. The zero-order valence-corrected chi connectivity index (χ0v) is 7.36. The standard InChI is InChI=1S/C10H9NO3/c12-9(13)5-7-2-4-14-10(7)8-1-3-11-6-8/h1-4,6,11H,5H2,(H,12,13). The van der Waals surface area contributed by atoms with Crippen molar-refractivity contribution >= 4 is 5.97 Å². The molecule has 0 spiro atoms. The van der Waals surface area contributed by atoms with E-state index in [1.165, 1.54) is 6.26 Å². The highest BCUT2D eigenvalue weighted by Gasteiger charge is 2.11. The van der Waals surface area contributed by atoms with Crippen LogP contribution in [0.3, 0.4) is 0 Å². The lowest BCUT2D eigenvalue weighted by Crippen LogP contribution is -1.99. The van der Waals surface area contributed by atoms with E-state index in [0.29, 0.717) is 11.3 Å². The summed E-state index contributed by atoms with van der Waals surface area (Å²) in [6.45, 7) is 0. The Kier molecular flexibility index (Phi) is 2.10. The minimum Gasteiger partial charge on any atom is -0.481 e. The third kappa shape index (κ3) is 1.54. The number of aromatic amines is 1. The lowest BCUT2D eigenvalue weighted by Gasteiger charge is -1.96. The van der Waals surface area contributed by atoms with Gasteiger partial charge in [0.25, 0.3) is 0 Å². The fourth-order valence-corrected chi connectivity index (χ4v) is 1.36. The van der Waals surface area contributed by atoms with Gasteiger partial charge in [0.05, 0.1) is 12.7 Å². The summed E-state index contributed by atoms with van der Waals surface area (Å²) in [6.07, 6.45) is 5.02. The first-order valence-corrected chi connectivity index (χ1v) is 4.18. The molecule has 0 aromatic carbocycles. The van der Waals surface area contributed by atoms with E-state index < -0.39 is 5.97 Å². The Morgan fingerprint density at radius 1 is 1.50 bits per heavy atom. The maximum absolute atomic E-state index is 10.5. The molecule has 2 aromatic rings. The van der Waals surface area contributed by atoms with E-state index in [1.54, 1.807) is 18.5 Å². The SMILES string of the molecule is O=C(O)Cc1ccoc1-c1cc[nH]c1. The number of H-pyrrole nitrogens is 1. The number of rotatable bonds is 3. The van der Waals surface area contributed by atoms with Crippen LogP contribution in [0.5, 0.6) is 0 Å². The fourth-order valence-electron chi connectivity index (χ4n) is 1.36. The Labute approximate surface area is 80.2 Å². The second-order valence-electron chi connectivity index (χ2n) is 2.95. The van der Waals surface area contributed by atoms with Crippen LogP contribution in [-0.4, -0.2) is 16.1 Å². The number of carboxylic acids is 1. The monoisotopic (exact) mass is 191 g/mol. The second kappa shape index (κ2) is 3.41. The predicted octanol–water partition coefficient (Wildman–Crippen LogP) is 1.90. The molecule has 0 fully saturated rings. The third-order valence-electron chi connectivity index (χ3n) is 1.95. The van der Waals surface area contributed by atoms with E-state index in [2.05, 4.69) is 4.98 Å². The number of furan rings is 1. The van der Waals surface area contributed by atoms with Crippen molar-refractivity contribution in [1.82, 2.24) is 4.98 Å². The van der Waals surface area contributed by atoms with Crippen LogP contribution in [0.1, 0.15) is 5.56 Å². The van der Waals surface area contributed by atoms with Gasteiger partial charge in [-0.1, -0.05) is 0 Å². The number of hydrogen-bond donors (Lipinski definition) is 2. The van der Waals surface area contributed by atoms with Crippen LogP contribution in [-0.2, 0) is 11.2 Å². The zero-order valence-electron chi connectivity index (χ0n) is 7.36. The molecule has 14 heavy (non-hydrogen) atoms. The Balaban J connectivity index is 2.35. The van der Waals surface area contributed by atoms with E-state index >= 15 is 0 Å². The third-order valence-corrected chi connectivity index (χ3v) is 1.95. The average Bonchev–Trinajstić information content (AvgIpc) is 2.70. The lowest BCUT2D eigenvalue weighted by molar-refractivity contribution is -0.136. The molecule has 0 radical (unpaired) electrons. The number of nitrogens with one attached hydrogen (secondary N) is 1. The van der Waals surface area contributed by atoms with E-state index in [9.17, 15) is 4.79 Å². The van der Waals surface area contributed by atoms with Crippen LogP contribution >= 0.6 is 0 Å². The van der Waals surface area contributed by atoms with Crippen molar-refractivity contribution in [1.29, 1.82) is 0 Å². The number of hydrogen-bond acceptors (Lipinski definition) is 2. The summed E-state index contributed by atoms with van der Waals surface area (Å²) in [5.74, 6) is -0.239. The number of carboxylic acid groups (broad SMARTS) is 1. The van der Waals surface area contributed by atoms with Gasteiger partial charge < -0.3 is 14.5 Å². The summed E-state index contributed by atoms with van der Waals surface area (Å²) in [4.78, 5) is 13.4. The summed E-state index contributed by atoms with van der Waals surface area (Å²) >= 11 is 0. The highest BCUT2D eigenvalue weighted by atomic mass is 16.4. The fraction of sp³-hybridized carbons (Fsp3) is 0.100. The van der Waals surface area contributed by atoms with Gasteiger partial charge in [-0.25, -0.2) is 0 Å². The van der Waals surface area contributed by atoms with Gasteiger partial charge in [-0.2, -0.15) is 0 Å². The minimum absolute atomic E-state index is 0.0169. The van der Waals surface area contributed by atoms with Crippen molar-refractivity contribution in [3.8, 4) is 11.3 Å². The minimum atomic E-state index is -0.858. The molecule has 0 aliphatic carbocycles. The summed E-state index contributed by atoms with van der Waals surface area (Å²) < 4.78 is 5.23.